The zero-order chi connectivity index (χ0) is 17.1. The summed E-state index contributed by atoms with van der Waals surface area (Å²) in [5, 5.41) is 0. The molecule has 0 aromatic heterocycles. The van der Waals surface area contributed by atoms with Gasteiger partial charge in [-0.1, -0.05) is 19.8 Å². The van der Waals surface area contributed by atoms with E-state index in [4.69, 9.17) is 23.7 Å². The van der Waals surface area contributed by atoms with Crippen molar-refractivity contribution in [2.45, 2.75) is 56.9 Å². The number of hydrogen-bond donors (Lipinski definition) is 0. The van der Waals surface area contributed by atoms with Crippen molar-refractivity contribution < 1.29 is 28.5 Å². The van der Waals surface area contributed by atoms with E-state index < -0.39 is 6.10 Å². The topological polar surface area (TPSA) is 66.5 Å². The van der Waals surface area contributed by atoms with Gasteiger partial charge in [0.2, 0.25) is 0 Å². The van der Waals surface area contributed by atoms with Crippen molar-refractivity contribution in [1.82, 2.24) is 0 Å². The number of benzene rings is 1. The van der Waals surface area contributed by atoms with Crippen molar-refractivity contribution in [2.75, 3.05) is 14.2 Å². The molecule has 1 aromatic rings. The lowest BCUT2D eigenvalue weighted by molar-refractivity contribution is -0.201. The molecule has 6 nitrogen and oxygen atoms in total. The minimum atomic E-state index is -0.400. The Bertz CT molecular complexity index is 557. The summed E-state index contributed by atoms with van der Waals surface area (Å²) in [5.74, 6) is 0.319. The number of hydrogen-bond acceptors (Lipinski definition) is 6. The van der Waals surface area contributed by atoms with E-state index in [2.05, 4.69) is 6.92 Å². The summed E-state index contributed by atoms with van der Waals surface area (Å²) in [7, 11) is 3.19. The lowest BCUT2D eigenvalue weighted by atomic mass is 9.99. The predicted molar refractivity (Wildman–Crippen MR) is 86.1 cm³/mol. The number of esters is 1. The van der Waals surface area contributed by atoms with Crippen LogP contribution < -0.4 is 4.74 Å². The number of fused-ring (bicyclic) bond motifs is 1. The first-order chi connectivity index (χ1) is 11.7. The van der Waals surface area contributed by atoms with E-state index in [9.17, 15) is 4.79 Å². The Hall–Kier alpha value is -1.63. The van der Waals surface area contributed by atoms with Crippen molar-refractivity contribution in [3.63, 3.8) is 0 Å². The predicted octanol–water partition coefficient (Wildman–Crippen LogP) is 2.55. The van der Waals surface area contributed by atoms with Crippen molar-refractivity contribution in [1.29, 1.82) is 0 Å². The molecule has 3 rings (SSSR count). The van der Waals surface area contributed by atoms with E-state index in [-0.39, 0.29) is 30.6 Å². The fourth-order valence-electron chi connectivity index (χ4n) is 3.05. The van der Waals surface area contributed by atoms with Crippen LogP contribution in [0.4, 0.5) is 0 Å². The molecule has 24 heavy (non-hydrogen) atoms. The first-order valence-corrected chi connectivity index (χ1v) is 8.36. The van der Waals surface area contributed by atoms with Gasteiger partial charge in [-0.3, -0.25) is 0 Å². The van der Waals surface area contributed by atoms with Crippen LogP contribution in [0, 0.1) is 0 Å². The molecule has 2 aliphatic rings. The molecule has 132 valence electrons. The Labute approximate surface area is 142 Å². The zero-order valence-corrected chi connectivity index (χ0v) is 14.3. The van der Waals surface area contributed by atoms with Crippen LogP contribution in [0.25, 0.3) is 0 Å². The van der Waals surface area contributed by atoms with Gasteiger partial charge in [0.05, 0.1) is 12.7 Å². The molecular formula is C18H24O6. The Morgan fingerprint density at radius 2 is 1.88 bits per heavy atom. The standard InChI is InChI=1S/C18H24O6/c1-4-5-6-13-14(15-16(23-15)18(21-3)22-13)24-17(19)11-7-9-12(20-2)10-8-11/h7-10,13-16,18H,4-6H2,1-3H3/t13-,14+,15-,16-,18+/m1/s1. The van der Waals surface area contributed by atoms with Crippen LogP contribution in [0.3, 0.4) is 0 Å². The molecule has 2 fully saturated rings. The second kappa shape index (κ2) is 7.51. The lowest BCUT2D eigenvalue weighted by Gasteiger charge is -2.32. The maximum Gasteiger partial charge on any atom is 0.338 e. The fraction of sp³-hybridized carbons (Fsp3) is 0.611. The highest BCUT2D eigenvalue weighted by molar-refractivity contribution is 5.89. The largest absolute Gasteiger partial charge is 0.497 e. The summed E-state index contributed by atoms with van der Waals surface area (Å²) in [5.41, 5.74) is 0.483. The lowest BCUT2D eigenvalue weighted by Crippen LogP contribution is -2.47. The summed E-state index contributed by atoms with van der Waals surface area (Å²) in [6.45, 7) is 2.12. The SMILES string of the molecule is CCCC[C@H]1O[C@H](OC)[C@@H]2O[C@@H]2[C@H]1OC(=O)c1ccc(OC)cc1. The number of methoxy groups -OCH3 is 2. The zero-order valence-electron chi connectivity index (χ0n) is 14.3. The van der Waals surface area contributed by atoms with Gasteiger partial charge >= 0.3 is 5.97 Å². The van der Waals surface area contributed by atoms with Crippen LogP contribution in [-0.2, 0) is 18.9 Å². The number of ether oxygens (including phenoxy) is 5. The summed E-state index contributed by atoms with van der Waals surface area (Å²) in [4.78, 5) is 12.4. The highest BCUT2D eigenvalue weighted by Gasteiger charge is 2.59. The molecule has 1 aromatic carbocycles. The van der Waals surface area contributed by atoms with E-state index in [0.29, 0.717) is 11.3 Å². The van der Waals surface area contributed by atoms with E-state index in [0.717, 1.165) is 19.3 Å². The number of carbonyl (C=O) groups is 1. The summed E-state index contributed by atoms with van der Waals surface area (Å²) < 4.78 is 27.7. The molecule has 0 unspecified atom stereocenters. The molecule has 2 aliphatic heterocycles. The van der Waals surface area contributed by atoms with E-state index >= 15 is 0 Å². The number of unbranched alkanes of at least 4 members (excludes halogenated alkanes) is 1. The smallest absolute Gasteiger partial charge is 0.338 e. The number of carbonyl (C=O) groups excluding carboxylic acids is 1. The van der Waals surface area contributed by atoms with Crippen LogP contribution in [0.1, 0.15) is 36.5 Å². The first kappa shape index (κ1) is 17.2. The number of rotatable bonds is 7. The van der Waals surface area contributed by atoms with Gasteiger partial charge in [0.15, 0.2) is 12.4 Å². The van der Waals surface area contributed by atoms with Crippen LogP contribution in [0.15, 0.2) is 24.3 Å². The van der Waals surface area contributed by atoms with E-state index in [1.54, 1.807) is 38.5 Å². The molecule has 0 spiro atoms. The van der Waals surface area contributed by atoms with Crippen LogP contribution >= 0.6 is 0 Å². The summed E-state index contributed by atoms with van der Waals surface area (Å²) >= 11 is 0. The molecule has 0 radical (unpaired) electrons. The van der Waals surface area contributed by atoms with Crippen LogP contribution in [0.5, 0.6) is 5.75 Å². The van der Waals surface area contributed by atoms with Gasteiger partial charge in [0.1, 0.15) is 24.1 Å². The molecule has 0 saturated carbocycles. The van der Waals surface area contributed by atoms with Gasteiger partial charge in [-0.2, -0.15) is 0 Å². The summed E-state index contributed by atoms with van der Waals surface area (Å²) in [6, 6.07) is 6.85. The van der Waals surface area contributed by atoms with Crippen LogP contribution in [-0.4, -0.2) is 50.9 Å². The highest BCUT2D eigenvalue weighted by Crippen LogP contribution is 2.40. The maximum absolute atomic E-state index is 12.4. The molecule has 0 amide bonds. The second-order valence-electron chi connectivity index (χ2n) is 6.08. The molecule has 0 bridgehead atoms. The third-order valence-electron chi connectivity index (χ3n) is 4.47. The second-order valence-corrected chi connectivity index (χ2v) is 6.08. The van der Waals surface area contributed by atoms with Gasteiger partial charge < -0.3 is 23.7 Å². The van der Waals surface area contributed by atoms with Crippen molar-refractivity contribution in [2.24, 2.45) is 0 Å². The Morgan fingerprint density at radius 1 is 1.12 bits per heavy atom. The van der Waals surface area contributed by atoms with Gasteiger partial charge in [0, 0.05) is 7.11 Å². The van der Waals surface area contributed by atoms with Crippen molar-refractivity contribution >= 4 is 5.97 Å². The molecular weight excluding hydrogens is 312 g/mol. The quantitative estimate of drug-likeness (QED) is 0.563. The molecule has 2 heterocycles. The monoisotopic (exact) mass is 336 g/mol. The van der Waals surface area contributed by atoms with E-state index in [1.807, 2.05) is 0 Å². The fourth-order valence-corrected chi connectivity index (χ4v) is 3.05. The molecule has 6 heteroatoms. The highest BCUT2D eigenvalue weighted by atomic mass is 16.7. The molecule has 5 atom stereocenters. The first-order valence-electron chi connectivity index (χ1n) is 8.36. The number of epoxide rings is 1. The normalized spacial score (nSPS) is 31.2. The minimum absolute atomic E-state index is 0.146. The minimum Gasteiger partial charge on any atom is -0.497 e. The third kappa shape index (κ3) is 3.55. The third-order valence-corrected chi connectivity index (χ3v) is 4.47. The Morgan fingerprint density at radius 3 is 2.50 bits per heavy atom. The Kier molecular flexibility index (Phi) is 5.38. The van der Waals surface area contributed by atoms with Crippen LogP contribution in [0.2, 0.25) is 0 Å². The van der Waals surface area contributed by atoms with Crippen molar-refractivity contribution in [3.05, 3.63) is 29.8 Å². The Balaban J connectivity index is 1.67. The maximum atomic E-state index is 12.4. The average molecular weight is 336 g/mol. The molecule has 0 N–H and O–H groups in total. The summed E-state index contributed by atoms with van der Waals surface area (Å²) in [6.07, 6.45) is 1.56. The molecule has 2 saturated heterocycles. The van der Waals surface area contributed by atoms with Crippen molar-refractivity contribution in [3.8, 4) is 5.75 Å². The van der Waals surface area contributed by atoms with Gasteiger partial charge in [-0.15, -0.1) is 0 Å². The van der Waals surface area contributed by atoms with Gasteiger partial charge in [-0.05, 0) is 30.7 Å². The average Bonchev–Trinajstić information content (AvgIpc) is 3.41. The van der Waals surface area contributed by atoms with E-state index in [1.165, 1.54) is 0 Å². The molecule has 0 aliphatic carbocycles. The van der Waals surface area contributed by atoms with Gasteiger partial charge in [-0.25, -0.2) is 4.79 Å². The van der Waals surface area contributed by atoms with Gasteiger partial charge in [0.25, 0.3) is 0 Å².